The van der Waals surface area contributed by atoms with Crippen molar-refractivity contribution in [3.05, 3.63) is 119 Å². The van der Waals surface area contributed by atoms with Crippen LogP contribution in [-0.2, 0) is 24.4 Å². The summed E-state index contributed by atoms with van der Waals surface area (Å²) in [6.07, 6.45) is 0.101. The highest BCUT2D eigenvalue weighted by Crippen LogP contribution is 2.44. The first-order valence-corrected chi connectivity index (χ1v) is 19.1. The second kappa shape index (κ2) is 17.5. The summed E-state index contributed by atoms with van der Waals surface area (Å²) in [5.41, 5.74) is 5.29. The lowest BCUT2D eigenvalue weighted by Gasteiger charge is -2.32. The molecule has 16 heteroatoms. The lowest BCUT2D eigenvalue weighted by Crippen LogP contribution is -2.45. The number of rotatable bonds is 15. The van der Waals surface area contributed by atoms with Gasteiger partial charge in [-0.25, -0.2) is 13.7 Å². The Morgan fingerprint density at radius 2 is 1.67 bits per heavy atom. The molecule has 0 bridgehead atoms. The maximum atomic E-state index is 14.1. The van der Waals surface area contributed by atoms with Crippen LogP contribution in [0.25, 0.3) is 27.8 Å². The summed E-state index contributed by atoms with van der Waals surface area (Å²) in [4.78, 5) is 17.6. The number of anilines is 1. The minimum atomic E-state index is -4.47. The Kier molecular flexibility index (Phi) is 12.2. The van der Waals surface area contributed by atoms with Gasteiger partial charge in [-0.1, -0.05) is 48.0 Å². The summed E-state index contributed by atoms with van der Waals surface area (Å²) in [7, 11) is 2.11. The average molecular weight is 820 g/mol. The molecule has 6 aromatic rings. The molecule has 0 saturated carbocycles. The minimum Gasteiger partial charge on any atom is -0.491 e. The third-order valence-corrected chi connectivity index (χ3v) is 10.7. The van der Waals surface area contributed by atoms with Crippen LogP contribution in [0.3, 0.4) is 0 Å². The molecule has 1 aliphatic heterocycles. The zero-order valence-electron chi connectivity index (χ0n) is 31.8. The molecule has 4 heterocycles. The highest BCUT2D eigenvalue weighted by Gasteiger charge is 2.30. The predicted molar refractivity (Wildman–Crippen MR) is 213 cm³/mol. The van der Waals surface area contributed by atoms with Crippen LogP contribution in [0.1, 0.15) is 16.8 Å². The number of aromatic nitrogens is 4. The number of nitrogens with one attached hydrogen (secondary N) is 1. The number of nitrogens with zero attached hydrogens (tertiary/aromatic N) is 6. The molecule has 304 valence electrons. The van der Waals surface area contributed by atoms with Crippen LogP contribution in [-0.4, -0.2) is 98.9 Å². The summed E-state index contributed by atoms with van der Waals surface area (Å²) in [5, 5.41) is 22.5. The summed E-state index contributed by atoms with van der Waals surface area (Å²) in [5.74, 6) is -0.699. The lowest BCUT2D eigenvalue weighted by atomic mass is 9.93. The molecule has 1 atom stereocenters. The van der Waals surface area contributed by atoms with Gasteiger partial charge in [0.25, 0.3) is 0 Å². The molecule has 1 saturated heterocycles. The summed E-state index contributed by atoms with van der Waals surface area (Å²) in [6.45, 7) is 5.57. The van der Waals surface area contributed by atoms with Crippen LogP contribution < -0.4 is 14.8 Å². The van der Waals surface area contributed by atoms with Crippen LogP contribution in [0.15, 0.2) is 91.4 Å². The molecular formula is C42H42ClF4N7O4. The maximum Gasteiger partial charge on any atom is 0.408 e. The molecule has 0 spiro atoms. The zero-order chi connectivity index (χ0) is 41.0. The minimum absolute atomic E-state index is 0.0479. The van der Waals surface area contributed by atoms with Gasteiger partial charge in [0, 0.05) is 68.9 Å². The largest absolute Gasteiger partial charge is 0.491 e. The second-order valence-corrected chi connectivity index (χ2v) is 14.6. The number of piperazine rings is 1. The van der Waals surface area contributed by atoms with E-state index in [1.165, 1.54) is 24.4 Å². The molecule has 1 unspecified atom stereocenters. The fourth-order valence-electron chi connectivity index (χ4n) is 7.10. The molecule has 0 amide bonds. The molecule has 0 aliphatic carbocycles. The van der Waals surface area contributed by atoms with Crippen LogP contribution in [0.4, 0.5) is 23.2 Å². The van der Waals surface area contributed by atoms with E-state index in [0.717, 1.165) is 48.5 Å². The number of hydrogen-bond acceptors (Lipinski definition) is 8. The van der Waals surface area contributed by atoms with Crippen molar-refractivity contribution in [3.8, 4) is 33.8 Å². The van der Waals surface area contributed by atoms with Gasteiger partial charge in [0.05, 0.1) is 21.9 Å². The number of halogens is 5. The lowest BCUT2D eigenvalue weighted by molar-refractivity contribution is -0.143. The van der Waals surface area contributed by atoms with Crippen molar-refractivity contribution in [2.75, 3.05) is 51.7 Å². The highest BCUT2D eigenvalue weighted by molar-refractivity contribution is 6.33. The van der Waals surface area contributed by atoms with Gasteiger partial charge in [-0.3, -0.25) is 9.58 Å². The number of benzene rings is 3. The number of carbonyl (C=O) groups is 1. The molecule has 3 aromatic carbocycles. The fourth-order valence-corrected chi connectivity index (χ4v) is 7.32. The maximum absolute atomic E-state index is 14.1. The zero-order valence-corrected chi connectivity index (χ0v) is 32.6. The van der Waals surface area contributed by atoms with Crippen molar-refractivity contribution in [1.29, 1.82) is 0 Å². The smallest absolute Gasteiger partial charge is 0.408 e. The molecule has 3 aromatic heterocycles. The molecule has 1 fully saturated rings. The van der Waals surface area contributed by atoms with Crippen molar-refractivity contribution >= 4 is 28.8 Å². The van der Waals surface area contributed by atoms with Crippen LogP contribution in [0, 0.1) is 12.7 Å². The van der Waals surface area contributed by atoms with Crippen molar-refractivity contribution in [2.24, 2.45) is 0 Å². The van der Waals surface area contributed by atoms with Crippen molar-refractivity contribution in [1.82, 2.24) is 29.2 Å². The third-order valence-electron chi connectivity index (χ3n) is 10.2. The number of likely N-dealkylation sites (N-methyl/N-ethyl adjacent to an activating group) is 1. The van der Waals surface area contributed by atoms with E-state index in [1.54, 1.807) is 59.4 Å². The molecule has 7 rings (SSSR count). The van der Waals surface area contributed by atoms with E-state index in [4.69, 9.17) is 21.1 Å². The predicted octanol–water partition coefficient (Wildman–Crippen LogP) is 7.84. The number of carboxylic acids is 1. The number of fused-ring (bicyclic) bond motifs is 1. The third kappa shape index (κ3) is 9.38. The number of alkyl halides is 3. The first-order chi connectivity index (χ1) is 27.8. The topological polar surface area (TPSA) is 109 Å². The normalized spacial score (nSPS) is 14.5. The van der Waals surface area contributed by atoms with Gasteiger partial charge < -0.3 is 24.8 Å². The monoisotopic (exact) mass is 819 g/mol. The number of para-hydroxylation sites is 1. The molecule has 11 nitrogen and oxygen atoms in total. The van der Waals surface area contributed by atoms with Gasteiger partial charge in [0.15, 0.2) is 0 Å². The van der Waals surface area contributed by atoms with E-state index in [2.05, 4.69) is 32.4 Å². The van der Waals surface area contributed by atoms with Crippen LogP contribution in [0.2, 0.25) is 5.02 Å². The Bertz CT molecular complexity index is 2380. The Balaban J connectivity index is 1.20. The van der Waals surface area contributed by atoms with Crippen molar-refractivity contribution in [3.63, 3.8) is 0 Å². The van der Waals surface area contributed by atoms with Gasteiger partial charge in [-0.15, -0.1) is 0 Å². The fraction of sp³-hybridized carbons (Fsp3) is 0.310. The number of hydrogen-bond donors (Lipinski definition) is 2. The van der Waals surface area contributed by atoms with Crippen molar-refractivity contribution < 1.29 is 36.9 Å². The molecular weight excluding hydrogens is 778 g/mol. The second-order valence-electron chi connectivity index (χ2n) is 14.2. The Hall–Kier alpha value is -5.64. The van der Waals surface area contributed by atoms with Crippen molar-refractivity contribution in [2.45, 2.75) is 38.7 Å². The Morgan fingerprint density at radius 3 is 2.41 bits per heavy atom. The van der Waals surface area contributed by atoms with E-state index in [1.807, 2.05) is 19.1 Å². The summed E-state index contributed by atoms with van der Waals surface area (Å²) >= 11 is 7.01. The van der Waals surface area contributed by atoms with Gasteiger partial charge >= 0.3 is 12.1 Å². The SMILES string of the molecule is Cc1c(-c2c(-c3ccc(F)cc3)cn3nccc(NC(Cc4ccccc4OCc4ccnn4CC(F)(F)F)C(=O)O)c23)ccc(OCCN2CCN(C)CC2)c1Cl. The van der Waals surface area contributed by atoms with Gasteiger partial charge in [-0.05, 0) is 72.6 Å². The Labute approximate surface area is 337 Å². The quantitative estimate of drug-likeness (QED) is 0.100. The van der Waals surface area contributed by atoms with E-state index in [9.17, 15) is 27.5 Å². The Morgan fingerprint density at radius 1 is 0.931 bits per heavy atom. The van der Waals surface area contributed by atoms with E-state index in [0.29, 0.717) is 56.6 Å². The highest BCUT2D eigenvalue weighted by atomic mass is 35.5. The van der Waals surface area contributed by atoms with Gasteiger partial charge in [0.2, 0.25) is 0 Å². The first-order valence-electron chi connectivity index (χ1n) is 18.7. The van der Waals surface area contributed by atoms with Crippen LogP contribution >= 0.6 is 11.6 Å². The van der Waals surface area contributed by atoms with E-state index in [-0.39, 0.29) is 18.7 Å². The molecule has 0 radical (unpaired) electrons. The molecule has 2 N–H and O–H groups in total. The van der Waals surface area contributed by atoms with Gasteiger partial charge in [-0.2, -0.15) is 23.4 Å². The van der Waals surface area contributed by atoms with E-state index >= 15 is 0 Å². The summed E-state index contributed by atoms with van der Waals surface area (Å²) in [6, 6.07) is 18.5. The van der Waals surface area contributed by atoms with E-state index < -0.39 is 30.5 Å². The summed E-state index contributed by atoms with van der Waals surface area (Å²) < 4.78 is 68.1. The number of carboxylic acid groups (broad SMARTS) is 1. The standard InChI is InChI=1S/C42H42ClF4N7O4/c1-27-32(11-12-37(39(27)43)57-22-21-52-19-17-51(2)18-20-52)38-33(28-7-9-30(44)10-8-28)24-53-40(38)34(14-16-48-53)50-35(41(55)56)23-29-5-3-4-6-36(29)58-25-31-13-15-49-54(31)26-42(45,46)47/h3-16,24,35,50H,17-23,25-26H2,1-2H3,(H,55,56). The average Bonchev–Trinajstić information content (AvgIpc) is 3.80. The number of ether oxygens (including phenoxy) is 2. The molecule has 58 heavy (non-hydrogen) atoms. The molecule has 1 aliphatic rings. The number of aliphatic carboxylic acids is 1. The van der Waals surface area contributed by atoms with Gasteiger partial charge in [0.1, 0.15) is 43.1 Å². The van der Waals surface area contributed by atoms with Crippen LogP contribution in [0.5, 0.6) is 11.5 Å². The first kappa shape index (κ1) is 40.6.